The lowest BCUT2D eigenvalue weighted by molar-refractivity contribution is -0.141. The fraction of sp³-hybridized carbons (Fsp3) is 0.559. The van der Waals surface area contributed by atoms with E-state index in [0.717, 1.165) is 11.1 Å². The van der Waals surface area contributed by atoms with Crippen molar-refractivity contribution in [3.05, 3.63) is 71.8 Å². The number of nitrogens with one attached hydrogen (secondary N) is 2. The van der Waals surface area contributed by atoms with Gasteiger partial charge in [0.1, 0.15) is 12.1 Å². The summed E-state index contributed by atoms with van der Waals surface area (Å²) in [6, 6.07) is 18.0. The molecule has 10 heteroatoms. The topological polar surface area (TPSA) is 106 Å². The van der Waals surface area contributed by atoms with Crippen LogP contribution in [-0.4, -0.2) is 79.2 Å². The van der Waals surface area contributed by atoms with Gasteiger partial charge >= 0.3 is 7.12 Å². The number of carbonyl (C=O) groups is 3. The number of hydrogen-bond donors (Lipinski definition) is 2. The van der Waals surface area contributed by atoms with E-state index in [1.54, 1.807) is 12.0 Å². The average molecular weight is 606 g/mol. The van der Waals surface area contributed by atoms with Crippen LogP contribution in [0.3, 0.4) is 0 Å². The Kier molecular flexibility index (Phi) is 11.6. The van der Waals surface area contributed by atoms with Crippen LogP contribution >= 0.6 is 0 Å². The SMILES string of the molecule is COCCCC(NC(=O)[C@@H]1CCCN1C(=O)C(Cc1ccccc1)NC(=O)CCc1ccccc1)B1OC(C)(C)C(C)(C)O1. The van der Waals surface area contributed by atoms with Crippen molar-refractivity contribution in [2.75, 3.05) is 20.3 Å². The Hall–Kier alpha value is -3.21. The number of aryl methyl sites for hydroxylation is 1. The molecule has 2 unspecified atom stereocenters. The highest BCUT2D eigenvalue weighted by Gasteiger charge is 2.54. The van der Waals surface area contributed by atoms with Crippen LogP contribution < -0.4 is 10.6 Å². The summed E-state index contributed by atoms with van der Waals surface area (Å²) in [4.78, 5) is 42.6. The summed E-state index contributed by atoms with van der Waals surface area (Å²) in [6.07, 6.45) is 3.76. The van der Waals surface area contributed by atoms with Crippen molar-refractivity contribution in [3.63, 3.8) is 0 Å². The van der Waals surface area contributed by atoms with E-state index in [-0.39, 0.29) is 24.1 Å². The summed E-state index contributed by atoms with van der Waals surface area (Å²) in [5.74, 6) is -1.08. The lowest BCUT2D eigenvalue weighted by Gasteiger charge is -2.32. The molecule has 0 bridgehead atoms. The molecule has 44 heavy (non-hydrogen) atoms. The summed E-state index contributed by atoms with van der Waals surface area (Å²) in [5.41, 5.74) is 0.918. The molecule has 4 rings (SSSR count). The Morgan fingerprint density at radius 1 is 0.955 bits per heavy atom. The predicted molar refractivity (Wildman–Crippen MR) is 171 cm³/mol. The molecule has 2 aliphatic heterocycles. The zero-order chi connectivity index (χ0) is 31.7. The highest BCUT2D eigenvalue weighted by molar-refractivity contribution is 6.48. The molecule has 9 nitrogen and oxygen atoms in total. The van der Waals surface area contributed by atoms with E-state index in [2.05, 4.69) is 10.6 Å². The third-order valence-corrected chi connectivity index (χ3v) is 9.03. The molecule has 3 amide bonds. The van der Waals surface area contributed by atoms with Gasteiger partial charge in [0, 0.05) is 33.1 Å². The number of methoxy groups -OCH3 is 1. The van der Waals surface area contributed by atoms with Gasteiger partial charge in [-0.2, -0.15) is 0 Å². The predicted octanol–water partition coefficient (Wildman–Crippen LogP) is 3.88. The smallest absolute Gasteiger partial charge is 0.402 e. The second kappa shape index (κ2) is 15.2. The second-order valence-electron chi connectivity index (χ2n) is 12.9. The maximum absolute atomic E-state index is 14.1. The summed E-state index contributed by atoms with van der Waals surface area (Å²) >= 11 is 0. The standard InChI is InChI=1S/C34H48BN3O6/c1-33(2)34(3,4)44-35(43-33)29(19-13-23-42-5)37-31(40)28-18-12-22-38(28)32(41)27(24-26-16-10-7-11-17-26)36-30(39)21-20-25-14-8-6-9-15-25/h6-11,14-17,27-29H,12-13,18-24H2,1-5H3,(H,36,39)(H,37,40)/t27?,28-,29?/m0/s1. The van der Waals surface area contributed by atoms with E-state index >= 15 is 0 Å². The summed E-state index contributed by atoms with van der Waals surface area (Å²) in [6.45, 7) is 8.94. The molecule has 2 N–H and O–H groups in total. The van der Waals surface area contributed by atoms with E-state index in [0.29, 0.717) is 51.7 Å². The van der Waals surface area contributed by atoms with Crippen LogP contribution in [0.1, 0.15) is 70.9 Å². The molecule has 0 spiro atoms. The molecular weight excluding hydrogens is 557 g/mol. The van der Waals surface area contributed by atoms with Crippen LogP contribution in [0.15, 0.2) is 60.7 Å². The molecule has 0 radical (unpaired) electrons. The van der Waals surface area contributed by atoms with Crippen molar-refractivity contribution in [1.29, 1.82) is 0 Å². The van der Waals surface area contributed by atoms with Crippen molar-refractivity contribution >= 4 is 24.8 Å². The van der Waals surface area contributed by atoms with Crippen LogP contribution in [0.4, 0.5) is 0 Å². The van der Waals surface area contributed by atoms with Crippen molar-refractivity contribution in [2.45, 2.75) is 102 Å². The molecule has 2 aromatic rings. The van der Waals surface area contributed by atoms with E-state index in [4.69, 9.17) is 14.0 Å². The first-order valence-corrected chi connectivity index (χ1v) is 15.8. The molecule has 0 saturated carbocycles. The molecule has 2 heterocycles. The Bertz CT molecular complexity index is 1230. The first-order valence-electron chi connectivity index (χ1n) is 15.8. The van der Waals surface area contributed by atoms with Gasteiger partial charge in [-0.15, -0.1) is 0 Å². The molecule has 2 aromatic carbocycles. The normalized spacial score (nSPS) is 20.2. The Morgan fingerprint density at radius 2 is 1.57 bits per heavy atom. The minimum atomic E-state index is -0.783. The van der Waals surface area contributed by atoms with Crippen LogP contribution in [-0.2, 0) is 41.3 Å². The molecule has 238 valence electrons. The highest BCUT2D eigenvalue weighted by atomic mass is 16.7. The zero-order valence-corrected chi connectivity index (χ0v) is 26.8. The molecule has 0 aliphatic carbocycles. The fourth-order valence-corrected chi connectivity index (χ4v) is 5.78. The molecule has 0 aromatic heterocycles. The van der Waals surface area contributed by atoms with Crippen molar-refractivity contribution in [1.82, 2.24) is 15.5 Å². The summed E-state index contributed by atoms with van der Waals surface area (Å²) < 4.78 is 17.8. The van der Waals surface area contributed by atoms with E-state index < -0.39 is 36.3 Å². The number of hydrogen-bond acceptors (Lipinski definition) is 6. The minimum Gasteiger partial charge on any atom is -0.402 e. The van der Waals surface area contributed by atoms with Crippen LogP contribution in [0, 0.1) is 0 Å². The molecule has 2 aliphatic rings. The van der Waals surface area contributed by atoms with Gasteiger partial charge in [0.05, 0.1) is 17.1 Å². The molecule has 2 fully saturated rings. The third-order valence-electron chi connectivity index (χ3n) is 9.03. The molecule has 3 atom stereocenters. The second-order valence-corrected chi connectivity index (χ2v) is 12.9. The van der Waals surface area contributed by atoms with E-state index in [1.807, 2.05) is 88.4 Å². The molecule has 2 saturated heterocycles. The van der Waals surface area contributed by atoms with Crippen molar-refractivity contribution in [2.24, 2.45) is 0 Å². The van der Waals surface area contributed by atoms with Crippen LogP contribution in [0.5, 0.6) is 0 Å². The fourth-order valence-electron chi connectivity index (χ4n) is 5.78. The maximum Gasteiger partial charge on any atom is 0.481 e. The summed E-state index contributed by atoms with van der Waals surface area (Å²) in [5, 5.41) is 6.16. The lowest BCUT2D eigenvalue weighted by Crippen LogP contribution is -2.57. The number of nitrogens with zero attached hydrogens (tertiary/aromatic N) is 1. The number of likely N-dealkylation sites (tertiary alicyclic amines) is 1. The van der Waals surface area contributed by atoms with Gasteiger partial charge < -0.3 is 29.6 Å². The van der Waals surface area contributed by atoms with Gasteiger partial charge in [-0.1, -0.05) is 60.7 Å². The number of carbonyl (C=O) groups excluding carboxylic acids is 3. The van der Waals surface area contributed by atoms with Crippen molar-refractivity contribution < 1.29 is 28.4 Å². The minimum absolute atomic E-state index is 0.192. The number of rotatable bonds is 14. The Morgan fingerprint density at radius 3 is 2.18 bits per heavy atom. The first kappa shape index (κ1) is 33.7. The zero-order valence-electron chi connectivity index (χ0n) is 26.8. The van der Waals surface area contributed by atoms with Gasteiger partial charge in [-0.25, -0.2) is 0 Å². The van der Waals surface area contributed by atoms with E-state index in [1.165, 1.54) is 0 Å². The highest BCUT2D eigenvalue weighted by Crippen LogP contribution is 2.38. The third kappa shape index (κ3) is 8.70. The van der Waals surface area contributed by atoms with Gasteiger partial charge in [-0.3, -0.25) is 14.4 Å². The Balaban J connectivity index is 1.46. The monoisotopic (exact) mass is 605 g/mol. The summed E-state index contributed by atoms with van der Waals surface area (Å²) in [7, 11) is 1.03. The van der Waals surface area contributed by atoms with Gasteiger partial charge in [0.15, 0.2) is 0 Å². The Labute approximate surface area is 262 Å². The maximum atomic E-state index is 14.1. The number of ether oxygens (including phenoxy) is 1. The number of benzene rings is 2. The molecular formula is C34H48BN3O6. The van der Waals surface area contributed by atoms with Crippen LogP contribution in [0.2, 0.25) is 0 Å². The van der Waals surface area contributed by atoms with Gasteiger partial charge in [0.25, 0.3) is 0 Å². The number of amides is 3. The van der Waals surface area contributed by atoms with Crippen LogP contribution in [0.25, 0.3) is 0 Å². The van der Waals surface area contributed by atoms with Gasteiger partial charge in [0.2, 0.25) is 17.7 Å². The first-order chi connectivity index (χ1) is 21.0. The lowest BCUT2D eigenvalue weighted by atomic mass is 9.75. The largest absolute Gasteiger partial charge is 0.481 e. The van der Waals surface area contributed by atoms with Crippen molar-refractivity contribution in [3.8, 4) is 0 Å². The quantitative estimate of drug-likeness (QED) is 0.250. The van der Waals surface area contributed by atoms with E-state index in [9.17, 15) is 14.4 Å². The average Bonchev–Trinajstić information content (AvgIpc) is 3.57. The van der Waals surface area contributed by atoms with Gasteiger partial charge in [-0.05, 0) is 70.9 Å².